The SMILES string of the molecule is OC(c1ccccc1)C1(O)CCN(CCOc2ccccc2C(F)(F)F)CC1. The molecule has 0 bridgehead atoms. The molecule has 1 unspecified atom stereocenters. The first kappa shape index (κ1) is 20.6. The first-order valence-electron chi connectivity index (χ1n) is 9.26. The lowest BCUT2D eigenvalue weighted by Crippen LogP contribution is -2.48. The third-order valence-corrected chi connectivity index (χ3v) is 5.20. The van der Waals surface area contributed by atoms with Gasteiger partial charge >= 0.3 is 6.18 Å². The van der Waals surface area contributed by atoms with E-state index in [1.165, 1.54) is 18.2 Å². The maximum atomic E-state index is 13.0. The Morgan fingerprint density at radius 3 is 2.25 bits per heavy atom. The van der Waals surface area contributed by atoms with E-state index in [4.69, 9.17) is 4.74 Å². The summed E-state index contributed by atoms with van der Waals surface area (Å²) in [4.78, 5) is 2.02. The monoisotopic (exact) mass is 395 g/mol. The highest BCUT2D eigenvalue weighted by atomic mass is 19.4. The summed E-state index contributed by atoms with van der Waals surface area (Å²) < 4.78 is 44.3. The van der Waals surface area contributed by atoms with E-state index in [9.17, 15) is 23.4 Å². The molecule has 1 atom stereocenters. The topological polar surface area (TPSA) is 52.9 Å². The molecule has 0 aliphatic carbocycles. The van der Waals surface area contributed by atoms with E-state index in [-0.39, 0.29) is 12.4 Å². The minimum atomic E-state index is -4.45. The van der Waals surface area contributed by atoms with Crippen LogP contribution in [0.2, 0.25) is 0 Å². The number of aliphatic hydroxyl groups is 2. The number of ether oxygens (including phenoxy) is 1. The molecule has 2 aromatic rings. The van der Waals surface area contributed by atoms with Crippen molar-refractivity contribution in [3.8, 4) is 5.75 Å². The fourth-order valence-corrected chi connectivity index (χ4v) is 3.49. The highest BCUT2D eigenvalue weighted by molar-refractivity contribution is 5.35. The fraction of sp³-hybridized carbons (Fsp3) is 0.429. The van der Waals surface area contributed by atoms with E-state index < -0.39 is 23.4 Å². The molecular weight excluding hydrogens is 371 g/mol. The van der Waals surface area contributed by atoms with Crippen molar-refractivity contribution >= 4 is 0 Å². The third-order valence-electron chi connectivity index (χ3n) is 5.20. The normalized spacial score (nSPS) is 18.6. The number of piperidine rings is 1. The molecule has 28 heavy (non-hydrogen) atoms. The number of rotatable bonds is 6. The number of aliphatic hydroxyl groups excluding tert-OH is 1. The minimum absolute atomic E-state index is 0.118. The number of hydrogen-bond donors (Lipinski definition) is 2. The van der Waals surface area contributed by atoms with Gasteiger partial charge in [-0.2, -0.15) is 13.2 Å². The second-order valence-corrected chi connectivity index (χ2v) is 7.10. The zero-order chi connectivity index (χ0) is 20.2. The van der Waals surface area contributed by atoms with Crippen LogP contribution in [-0.2, 0) is 6.18 Å². The van der Waals surface area contributed by atoms with Crippen LogP contribution in [0.1, 0.15) is 30.1 Å². The van der Waals surface area contributed by atoms with E-state index in [0.29, 0.717) is 38.0 Å². The van der Waals surface area contributed by atoms with Gasteiger partial charge in [0.25, 0.3) is 0 Å². The van der Waals surface area contributed by atoms with E-state index in [0.717, 1.165) is 6.07 Å². The summed E-state index contributed by atoms with van der Waals surface area (Å²) in [6.45, 7) is 1.63. The van der Waals surface area contributed by atoms with Crippen LogP contribution in [0.3, 0.4) is 0 Å². The van der Waals surface area contributed by atoms with Crippen molar-refractivity contribution in [2.24, 2.45) is 0 Å². The standard InChI is InChI=1S/C21H24F3NO3/c22-21(23,24)17-8-4-5-9-18(17)28-15-14-25-12-10-20(27,11-13-25)19(26)16-6-2-1-3-7-16/h1-9,19,26-27H,10-15H2. The zero-order valence-corrected chi connectivity index (χ0v) is 15.4. The maximum Gasteiger partial charge on any atom is 0.419 e. The van der Waals surface area contributed by atoms with Gasteiger partial charge in [0.05, 0.1) is 11.2 Å². The summed E-state index contributed by atoms with van der Waals surface area (Å²) in [5.41, 5.74) is -1.32. The van der Waals surface area contributed by atoms with Gasteiger partial charge in [0.2, 0.25) is 0 Å². The van der Waals surface area contributed by atoms with Gasteiger partial charge in [-0.1, -0.05) is 42.5 Å². The maximum absolute atomic E-state index is 13.0. The van der Waals surface area contributed by atoms with E-state index >= 15 is 0 Å². The molecule has 152 valence electrons. The molecule has 7 heteroatoms. The van der Waals surface area contributed by atoms with Crippen LogP contribution in [-0.4, -0.2) is 47.0 Å². The Bertz CT molecular complexity index is 759. The number of nitrogens with zero attached hydrogens (tertiary/aromatic N) is 1. The molecule has 4 nitrogen and oxygen atoms in total. The summed E-state index contributed by atoms with van der Waals surface area (Å²) in [6, 6.07) is 14.2. The molecule has 1 aliphatic heterocycles. The second kappa shape index (κ2) is 8.51. The lowest BCUT2D eigenvalue weighted by atomic mass is 9.83. The van der Waals surface area contributed by atoms with Gasteiger partial charge in [0.1, 0.15) is 18.5 Å². The first-order chi connectivity index (χ1) is 13.3. The molecule has 2 N–H and O–H groups in total. The van der Waals surface area contributed by atoms with Crippen LogP contribution >= 0.6 is 0 Å². The van der Waals surface area contributed by atoms with Crippen LogP contribution in [0.25, 0.3) is 0 Å². The number of halogens is 3. The number of alkyl halides is 3. The third kappa shape index (κ3) is 4.84. The molecule has 0 saturated carbocycles. The van der Waals surface area contributed by atoms with Crippen molar-refractivity contribution in [2.75, 3.05) is 26.2 Å². The molecule has 1 fully saturated rings. The fourth-order valence-electron chi connectivity index (χ4n) is 3.49. The quantitative estimate of drug-likeness (QED) is 0.784. The number of para-hydroxylation sites is 1. The Morgan fingerprint density at radius 2 is 1.61 bits per heavy atom. The molecule has 1 aliphatic rings. The van der Waals surface area contributed by atoms with Gasteiger partial charge in [0.15, 0.2) is 0 Å². The molecule has 3 rings (SSSR count). The molecule has 0 aromatic heterocycles. The molecule has 1 heterocycles. The Labute approximate surface area is 162 Å². The van der Waals surface area contributed by atoms with Gasteiger partial charge in [0, 0.05) is 19.6 Å². The highest BCUT2D eigenvalue weighted by Gasteiger charge is 2.39. The molecule has 0 amide bonds. The number of hydrogen-bond acceptors (Lipinski definition) is 4. The van der Waals surface area contributed by atoms with Gasteiger partial charge in [-0.25, -0.2) is 0 Å². The largest absolute Gasteiger partial charge is 0.492 e. The average molecular weight is 395 g/mol. The Hall–Kier alpha value is -2.09. The lowest BCUT2D eigenvalue weighted by Gasteiger charge is -2.41. The van der Waals surface area contributed by atoms with Crippen molar-refractivity contribution in [1.29, 1.82) is 0 Å². The Kier molecular flexibility index (Phi) is 6.27. The van der Waals surface area contributed by atoms with Gasteiger partial charge < -0.3 is 14.9 Å². The van der Waals surface area contributed by atoms with Gasteiger partial charge in [-0.05, 0) is 30.5 Å². The summed E-state index contributed by atoms with van der Waals surface area (Å²) in [5.74, 6) is -0.178. The summed E-state index contributed by atoms with van der Waals surface area (Å²) in [6.07, 6.45) is -4.67. The number of benzene rings is 2. The van der Waals surface area contributed by atoms with Crippen LogP contribution in [0.4, 0.5) is 13.2 Å². The Balaban J connectivity index is 1.50. The minimum Gasteiger partial charge on any atom is -0.492 e. The predicted octanol–water partition coefficient (Wildman–Crippen LogP) is 3.64. The van der Waals surface area contributed by atoms with Crippen LogP contribution in [0.5, 0.6) is 5.75 Å². The second-order valence-electron chi connectivity index (χ2n) is 7.10. The van der Waals surface area contributed by atoms with Crippen LogP contribution in [0, 0.1) is 0 Å². The van der Waals surface area contributed by atoms with Crippen molar-refractivity contribution in [3.63, 3.8) is 0 Å². The number of likely N-dealkylation sites (tertiary alicyclic amines) is 1. The summed E-state index contributed by atoms with van der Waals surface area (Å²) >= 11 is 0. The van der Waals surface area contributed by atoms with Crippen molar-refractivity contribution in [2.45, 2.75) is 30.7 Å². The lowest BCUT2D eigenvalue weighted by molar-refractivity contribution is -0.139. The van der Waals surface area contributed by atoms with Crippen molar-refractivity contribution < 1.29 is 28.1 Å². The van der Waals surface area contributed by atoms with Gasteiger partial charge in [-0.15, -0.1) is 0 Å². The summed E-state index contributed by atoms with van der Waals surface area (Å²) in [7, 11) is 0. The first-order valence-corrected chi connectivity index (χ1v) is 9.26. The van der Waals surface area contributed by atoms with Gasteiger partial charge in [-0.3, -0.25) is 4.90 Å². The Morgan fingerprint density at radius 1 is 1.00 bits per heavy atom. The molecule has 0 spiro atoms. The van der Waals surface area contributed by atoms with E-state index in [2.05, 4.69) is 0 Å². The molecule has 2 aromatic carbocycles. The smallest absolute Gasteiger partial charge is 0.419 e. The zero-order valence-electron chi connectivity index (χ0n) is 15.4. The predicted molar refractivity (Wildman–Crippen MR) is 99.0 cm³/mol. The summed E-state index contributed by atoms with van der Waals surface area (Å²) in [5, 5.41) is 21.3. The van der Waals surface area contributed by atoms with Crippen LogP contribution in [0.15, 0.2) is 54.6 Å². The van der Waals surface area contributed by atoms with E-state index in [1.54, 1.807) is 12.1 Å². The van der Waals surface area contributed by atoms with Crippen LogP contribution < -0.4 is 4.74 Å². The molecule has 1 saturated heterocycles. The average Bonchev–Trinajstić information content (AvgIpc) is 2.69. The molecular formula is C21H24F3NO3. The van der Waals surface area contributed by atoms with E-state index in [1.807, 2.05) is 23.1 Å². The van der Waals surface area contributed by atoms with Crippen molar-refractivity contribution in [3.05, 3.63) is 65.7 Å². The highest BCUT2D eigenvalue weighted by Crippen LogP contribution is 2.36. The molecule has 0 radical (unpaired) electrons. The van der Waals surface area contributed by atoms with Crippen molar-refractivity contribution in [1.82, 2.24) is 4.90 Å².